The fraction of sp³-hybridized carbons (Fsp3) is 0.188. The Balaban J connectivity index is 2.22. The van der Waals surface area contributed by atoms with Crippen molar-refractivity contribution in [3.8, 4) is 0 Å². The minimum atomic E-state index is -3.87. The molecule has 0 atom stereocenters. The van der Waals surface area contributed by atoms with Crippen LogP contribution in [0.1, 0.15) is 12.5 Å². The zero-order valence-corrected chi connectivity index (χ0v) is 14.3. The SMILES string of the molecule is CCn1/c(=N/S(=O)(=O)c2ccc(F)cc2)sc2cc(C)ccc21. The van der Waals surface area contributed by atoms with Crippen molar-refractivity contribution in [2.75, 3.05) is 0 Å². The summed E-state index contributed by atoms with van der Waals surface area (Å²) in [4.78, 5) is 0.396. The van der Waals surface area contributed by atoms with Gasteiger partial charge in [0.05, 0.1) is 15.1 Å². The topological polar surface area (TPSA) is 51.4 Å². The number of aromatic nitrogens is 1. The van der Waals surface area contributed by atoms with E-state index in [1.807, 2.05) is 36.6 Å². The van der Waals surface area contributed by atoms with E-state index in [-0.39, 0.29) is 4.90 Å². The molecule has 0 fully saturated rings. The van der Waals surface area contributed by atoms with Gasteiger partial charge >= 0.3 is 0 Å². The quantitative estimate of drug-likeness (QED) is 0.726. The Kier molecular flexibility index (Phi) is 4.08. The molecule has 3 aromatic rings. The van der Waals surface area contributed by atoms with Gasteiger partial charge in [0.1, 0.15) is 5.82 Å². The zero-order chi connectivity index (χ0) is 16.6. The second kappa shape index (κ2) is 5.90. The van der Waals surface area contributed by atoms with Crippen LogP contribution in [0.4, 0.5) is 4.39 Å². The van der Waals surface area contributed by atoms with Crippen LogP contribution in [0, 0.1) is 12.7 Å². The molecule has 4 nitrogen and oxygen atoms in total. The Morgan fingerprint density at radius 1 is 1.17 bits per heavy atom. The molecule has 1 aromatic heterocycles. The van der Waals surface area contributed by atoms with Gasteiger partial charge in [-0.05, 0) is 55.8 Å². The van der Waals surface area contributed by atoms with Gasteiger partial charge in [0.2, 0.25) is 4.80 Å². The van der Waals surface area contributed by atoms with Crippen molar-refractivity contribution in [1.29, 1.82) is 0 Å². The first-order valence-corrected chi connectivity index (χ1v) is 9.33. The fourth-order valence-corrected chi connectivity index (χ4v) is 4.71. The van der Waals surface area contributed by atoms with E-state index in [0.717, 1.165) is 27.9 Å². The fourth-order valence-electron chi connectivity index (χ4n) is 2.32. The summed E-state index contributed by atoms with van der Waals surface area (Å²) >= 11 is 1.33. The Labute approximate surface area is 137 Å². The summed E-state index contributed by atoms with van der Waals surface area (Å²) in [6.07, 6.45) is 0. The minimum Gasteiger partial charge on any atom is -0.316 e. The number of fused-ring (bicyclic) bond motifs is 1. The van der Waals surface area contributed by atoms with Crippen LogP contribution in [-0.2, 0) is 16.6 Å². The average molecular weight is 350 g/mol. The van der Waals surface area contributed by atoms with Crippen LogP contribution in [0.2, 0.25) is 0 Å². The van der Waals surface area contributed by atoms with Gasteiger partial charge in [0.15, 0.2) is 0 Å². The molecule has 0 unspecified atom stereocenters. The summed E-state index contributed by atoms with van der Waals surface area (Å²) in [5, 5.41) is 0. The molecule has 0 bridgehead atoms. The first-order chi connectivity index (χ1) is 10.9. The Morgan fingerprint density at radius 2 is 1.87 bits per heavy atom. The monoisotopic (exact) mass is 350 g/mol. The minimum absolute atomic E-state index is 0.0183. The van der Waals surface area contributed by atoms with E-state index in [4.69, 9.17) is 0 Å². The highest BCUT2D eigenvalue weighted by Gasteiger charge is 2.14. The molecule has 2 aromatic carbocycles. The standard InChI is InChI=1S/C16H15FN2O2S2/c1-3-19-14-9-4-11(2)10-15(14)22-16(19)18-23(20,21)13-7-5-12(17)6-8-13/h4-10H,3H2,1-2H3/b18-16-. The van der Waals surface area contributed by atoms with E-state index in [0.29, 0.717) is 11.3 Å². The number of rotatable bonds is 3. The van der Waals surface area contributed by atoms with Gasteiger partial charge in [0, 0.05) is 6.54 Å². The summed E-state index contributed by atoms with van der Waals surface area (Å²) in [6.45, 7) is 4.54. The van der Waals surface area contributed by atoms with Crippen LogP contribution in [0.3, 0.4) is 0 Å². The first-order valence-electron chi connectivity index (χ1n) is 7.07. The second-order valence-corrected chi connectivity index (χ2v) is 7.73. The molecule has 0 aliphatic carbocycles. The Morgan fingerprint density at radius 3 is 2.52 bits per heavy atom. The smallest absolute Gasteiger partial charge is 0.285 e. The summed E-state index contributed by atoms with van der Waals surface area (Å²) in [5.74, 6) is -0.482. The number of thiazole rings is 1. The number of hydrogen-bond donors (Lipinski definition) is 0. The van der Waals surface area contributed by atoms with Crippen molar-refractivity contribution in [3.05, 3.63) is 58.6 Å². The number of aryl methyl sites for hydroxylation is 2. The molecule has 0 saturated heterocycles. The molecule has 7 heteroatoms. The molecule has 0 aliphatic heterocycles. The van der Waals surface area contributed by atoms with Gasteiger partial charge in [0.25, 0.3) is 10.0 Å². The number of benzene rings is 2. The van der Waals surface area contributed by atoms with Gasteiger partial charge in [-0.25, -0.2) is 4.39 Å². The molecule has 0 saturated carbocycles. The largest absolute Gasteiger partial charge is 0.316 e. The third kappa shape index (κ3) is 3.07. The maximum Gasteiger partial charge on any atom is 0.285 e. The molecule has 0 spiro atoms. The number of nitrogens with zero attached hydrogens (tertiary/aromatic N) is 2. The van der Waals surface area contributed by atoms with Crippen LogP contribution in [0.15, 0.2) is 51.8 Å². The van der Waals surface area contributed by atoms with Crippen molar-refractivity contribution in [2.45, 2.75) is 25.3 Å². The highest BCUT2D eigenvalue weighted by Crippen LogP contribution is 2.20. The molecule has 3 rings (SSSR count). The molecule has 0 amide bonds. The predicted octanol–water partition coefficient (Wildman–Crippen LogP) is 3.46. The molecule has 1 heterocycles. The van der Waals surface area contributed by atoms with Gasteiger partial charge < -0.3 is 4.57 Å². The Bertz CT molecular complexity index is 1030. The molecule has 0 aliphatic rings. The van der Waals surface area contributed by atoms with Crippen LogP contribution >= 0.6 is 11.3 Å². The van der Waals surface area contributed by atoms with Crippen LogP contribution in [0.25, 0.3) is 10.2 Å². The van der Waals surface area contributed by atoms with Gasteiger partial charge in [-0.1, -0.05) is 17.4 Å². The highest BCUT2D eigenvalue weighted by molar-refractivity contribution is 7.90. The number of hydrogen-bond acceptors (Lipinski definition) is 3. The van der Waals surface area contributed by atoms with Gasteiger partial charge in [-0.3, -0.25) is 0 Å². The zero-order valence-electron chi connectivity index (χ0n) is 12.7. The van der Waals surface area contributed by atoms with Gasteiger partial charge in [-0.2, -0.15) is 8.42 Å². The Hall–Kier alpha value is -1.99. The lowest BCUT2D eigenvalue weighted by atomic mass is 10.2. The van der Waals surface area contributed by atoms with Crippen LogP contribution in [-0.4, -0.2) is 13.0 Å². The maximum absolute atomic E-state index is 13.0. The third-order valence-electron chi connectivity index (χ3n) is 3.46. The average Bonchev–Trinajstić information content (AvgIpc) is 2.82. The van der Waals surface area contributed by atoms with E-state index in [1.165, 1.54) is 23.5 Å². The summed E-state index contributed by atoms with van der Waals surface area (Å²) in [5.41, 5.74) is 2.06. The maximum atomic E-state index is 13.0. The normalized spacial score (nSPS) is 12.9. The second-order valence-electron chi connectivity index (χ2n) is 5.12. The molecular formula is C16H15FN2O2S2. The lowest BCUT2D eigenvalue weighted by Crippen LogP contribution is -2.16. The molecular weight excluding hydrogens is 335 g/mol. The predicted molar refractivity (Wildman–Crippen MR) is 89.4 cm³/mol. The molecule has 0 N–H and O–H groups in total. The van der Waals surface area contributed by atoms with E-state index in [9.17, 15) is 12.8 Å². The van der Waals surface area contributed by atoms with Crippen molar-refractivity contribution >= 4 is 31.6 Å². The lowest BCUT2D eigenvalue weighted by molar-refractivity contribution is 0.594. The number of halogens is 1. The van der Waals surface area contributed by atoms with Crippen molar-refractivity contribution < 1.29 is 12.8 Å². The van der Waals surface area contributed by atoms with Crippen LogP contribution in [0.5, 0.6) is 0 Å². The summed E-state index contributed by atoms with van der Waals surface area (Å²) in [6, 6.07) is 10.6. The van der Waals surface area contributed by atoms with E-state index in [1.54, 1.807) is 0 Å². The molecule has 0 radical (unpaired) electrons. The van der Waals surface area contributed by atoms with E-state index >= 15 is 0 Å². The van der Waals surface area contributed by atoms with Crippen molar-refractivity contribution in [2.24, 2.45) is 4.40 Å². The molecule has 23 heavy (non-hydrogen) atoms. The van der Waals surface area contributed by atoms with Crippen molar-refractivity contribution in [3.63, 3.8) is 0 Å². The summed E-state index contributed by atoms with van der Waals surface area (Å²) < 4.78 is 44.6. The first kappa shape index (κ1) is 15.9. The third-order valence-corrected chi connectivity index (χ3v) is 5.90. The molecule has 120 valence electrons. The van der Waals surface area contributed by atoms with Crippen molar-refractivity contribution in [1.82, 2.24) is 4.57 Å². The van der Waals surface area contributed by atoms with Crippen LogP contribution < -0.4 is 4.80 Å². The van der Waals surface area contributed by atoms with E-state index in [2.05, 4.69) is 4.40 Å². The summed E-state index contributed by atoms with van der Waals surface area (Å²) in [7, 11) is -3.87. The highest BCUT2D eigenvalue weighted by atomic mass is 32.2. The lowest BCUT2D eigenvalue weighted by Gasteiger charge is -2.01. The van der Waals surface area contributed by atoms with E-state index < -0.39 is 15.8 Å². The number of sulfonamides is 1. The van der Waals surface area contributed by atoms with Gasteiger partial charge in [-0.15, -0.1) is 4.40 Å².